The van der Waals surface area contributed by atoms with Crippen LogP contribution in [-0.2, 0) is 11.3 Å². The number of nitrogens with zero attached hydrogens (tertiary/aromatic N) is 2. The number of carbonyl (C=O) groups excluding carboxylic acids is 2. The normalized spacial score (nSPS) is 9.95. The Labute approximate surface area is 108 Å². The lowest BCUT2D eigenvalue weighted by Gasteiger charge is -2.04. The number of Topliss-reactive ketones (excluding diaryl/α,β-unsaturated/α-hetero) is 1. The van der Waals surface area contributed by atoms with Crippen molar-refractivity contribution in [2.75, 3.05) is 5.32 Å². The molecule has 0 aliphatic heterocycles. The van der Waals surface area contributed by atoms with Crippen LogP contribution in [0.4, 0.5) is 10.6 Å². The van der Waals surface area contributed by atoms with Gasteiger partial charge in [0, 0.05) is 6.92 Å². The molecule has 1 heterocycles. The lowest BCUT2D eigenvalue weighted by molar-refractivity contribution is 0.100. The van der Waals surface area contributed by atoms with E-state index in [-0.39, 0.29) is 23.9 Å². The number of carbonyl (C=O) groups is 2. The van der Waals surface area contributed by atoms with Crippen molar-refractivity contribution < 1.29 is 19.0 Å². The molecule has 0 spiro atoms. The van der Waals surface area contributed by atoms with Crippen molar-refractivity contribution in [2.45, 2.75) is 13.5 Å². The van der Waals surface area contributed by atoms with Crippen molar-refractivity contribution in [3.63, 3.8) is 0 Å². The number of benzene rings is 1. The molecule has 0 unspecified atom stereocenters. The van der Waals surface area contributed by atoms with Gasteiger partial charge < -0.3 is 4.74 Å². The molecule has 2 aromatic rings. The molecule has 7 heteroatoms. The van der Waals surface area contributed by atoms with Crippen LogP contribution in [0.15, 0.2) is 35.0 Å². The monoisotopic (exact) mass is 261 g/mol. The fourth-order valence-corrected chi connectivity index (χ4v) is 1.36. The average Bonchev–Trinajstić information content (AvgIpc) is 2.86. The van der Waals surface area contributed by atoms with E-state index in [0.717, 1.165) is 5.56 Å². The molecular weight excluding hydrogens is 250 g/mol. The number of ketones is 1. The fraction of sp³-hybridized carbons (Fsp3) is 0.167. The summed E-state index contributed by atoms with van der Waals surface area (Å²) in [6.07, 6.45) is -0.734. The molecule has 19 heavy (non-hydrogen) atoms. The molecule has 1 N–H and O–H groups in total. The molecule has 0 aliphatic carbocycles. The minimum absolute atomic E-state index is 0.0448. The maximum atomic E-state index is 11.5. The molecular formula is C12H11N3O4. The molecule has 0 bridgehead atoms. The maximum absolute atomic E-state index is 11.5. The van der Waals surface area contributed by atoms with Gasteiger partial charge in [0.2, 0.25) is 5.82 Å². The van der Waals surface area contributed by atoms with E-state index in [0.29, 0.717) is 0 Å². The number of rotatable bonds is 4. The molecule has 0 aliphatic rings. The topological polar surface area (TPSA) is 94.3 Å². The van der Waals surface area contributed by atoms with Gasteiger partial charge in [0.25, 0.3) is 0 Å². The molecule has 1 aromatic carbocycles. The van der Waals surface area contributed by atoms with E-state index >= 15 is 0 Å². The molecule has 2 rings (SSSR count). The molecule has 1 aromatic heterocycles. The van der Waals surface area contributed by atoms with Gasteiger partial charge in [0.15, 0.2) is 11.5 Å². The molecule has 0 radical (unpaired) electrons. The number of ether oxygens (including phenoxy) is 1. The van der Waals surface area contributed by atoms with Crippen LogP contribution < -0.4 is 5.32 Å². The Bertz CT molecular complexity index is 580. The van der Waals surface area contributed by atoms with Gasteiger partial charge in [-0.15, -0.1) is 0 Å². The summed E-state index contributed by atoms with van der Waals surface area (Å²) in [6.45, 7) is 1.41. The van der Waals surface area contributed by atoms with Crippen molar-refractivity contribution in [1.82, 2.24) is 10.3 Å². The summed E-state index contributed by atoms with van der Waals surface area (Å²) in [5.41, 5.74) is 0.805. The van der Waals surface area contributed by atoms with E-state index in [1.54, 1.807) is 0 Å². The molecule has 0 atom stereocenters. The molecule has 0 saturated carbocycles. The van der Waals surface area contributed by atoms with E-state index < -0.39 is 6.09 Å². The molecule has 1 amide bonds. The van der Waals surface area contributed by atoms with Crippen LogP contribution in [0.2, 0.25) is 0 Å². The molecule has 0 fully saturated rings. The van der Waals surface area contributed by atoms with Crippen LogP contribution in [0, 0.1) is 0 Å². The highest BCUT2D eigenvalue weighted by Gasteiger charge is 2.17. The first-order valence-electron chi connectivity index (χ1n) is 5.48. The largest absolute Gasteiger partial charge is 0.444 e. The van der Waals surface area contributed by atoms with Gasteiger partial charge in [-0.1, -0.05) is 30.3 Å². The van der Waals surface area contributed by atoms with Crippen LogP contribution in [0.5, 0.6) is 0 Å². The van der Waals surface area contributed by atoms with Gasteiger partial charge in [-0.3, -0.25) is 10.1 Å². The summed E-state index contributed by atoms with van der Waals surface area (Å²) in [6, 6.07) is 9.19. The third-order valence-corrected chi connectivity index (χ3v) is 2.26. The highest BCUT2D eigenvalue weighted by Crippen LogP contribution is 2.10. The third-order valence-electron chi connectivity index (χ3n) is 2.26. The van der Waals surface area contributed by atoms with Crippen LogP contribution in [0.3, 0.4) is 0 Å². The second-order valence-corrected chi connectivity index (χ2v) is 3.70. The zero-order valence-electron chi connectivity index (χ0n) is 10.1. The average molecular weight is 261 g/mol. The van der Waals surface area contributed by atoms with Gasteiger partial charge in [-0.2, -0.15) is 0 Å². The van der Waals surface area contributed by atoms with Crippen molar-refractivity contribution in [3.8, 4) is 0 Å². The minimum atomic E-state index is -0.734. The fourth-order valence-electron chi connectivity index (χ4n) is 1.36. The van der Waals surface area contributed by atoms with Crippen molar-refractivity contribution in [2.24, 2.45) is 0 Å². The predicted molar refractivity (Wildman–Crippen MR) is 64.6 cm³/mol. The van der Waals surface area contributed by atoms with Crippen LogP contribution >= 0.6 is 0 Å². The second kappa shape index (κ2) is 5.76. The quantitative estimate of drug-likeness (QED) is 0.846. The van der Waals surface area contributed by atoms with E-state index in [9.17, 15) is 9.59 Å². The summed E-state index contributed by atoms with van der Waals surface area (Å²) in [5.74, 6) is -0.412. The zero-order valence-corrected chi connectivity index (χ0v) is 10.1. The Morgan fingerprint density at radius 1 is 1.26 bits per heavy atom. The van der Waals surface area contributed by atoms with Crippen LogP contribution in [0.25, 0.3) is 0 Å². The van der Waals surface area contributed by atoms with Crippen molar-refractivity contribution in [1.29, 1.82) is 0 Å². The molecule has 98 valence electrons. The predicted octanol–water partition coefficient (Wildman–Crippen LogP) is 2.02. The van der Waals surface area contributed by atoms with Gasteiger partial charge in [-0.25, -0.2) is 9.42 Å². The smallest absolute Gasteiger partial charge is 0.413 e. The minimum Gasteiger partial charge on any atom is -0.444 e. The Hall–Kier alpha value is -2.70. The zero-order chi connectivity index (χ0) is 13.7. The molecule has 0 saturated heterocycles. The summed E-state index contributed by atoms with van der Waals surface area (Å²) < 4.78 is 9.34. The van der Waals surface area contributed by atoms with Gasteiger partial charge in [0.1, 0.15) is 6.61 Å². The SMILES string of the molecule is CC(=O)c1nonc1NC(=O)OCc1ccccc1. The Kier molecular flexibility index (Phi) is 3.87. The van der Waals surface area contributed by atoms with E-state index in [1.165, 1.54) is 6.92 Å². The van der Waals surface area contributed by atoms with Gasteiger partial charge >= 0.3 is 6.09 Å². The van der Waals surface area contributed by atoms with Gasteiger partial charge in [0.05, 0.1) is 0 Å². The number of aromatic nitrogens is 2. The number of hydrogen-bond donors (Lipinski definition) is 1. The van der Waals surface area contributed by atoms with Gasteiger partial charge in [-0.05, 0) is 15.9 Å². The highest BCUT2D eigenvalue weighted by atomic mass is 16.6. The van der Waals surface area contributed by atoms with Crippen molar-refractivity contribution >= 4 is 17.7 Å². The lowest BCUT2D eigenvalue weighted by Crippen LogP contribution is -2.15. The standard InChI is InChI=1S/C12H11N3O4/c1-8(16)10-11(15-19-14-10)13-12(17)18-7-9-5-3-2-4-6-9/h2-6H,7H2,1H3,(H,13,15,17). The van der Waals surface area contributed by atoms with E-state index in [4.69, 9.17) is 4.74 Å². The van der Waals surface area contributed by atoms with Crippen LogP contribution in [0.1, 0.15) is 23.0 Å². The first-order chi connectivity index (χ1) is 9.16. The first kappa shape index (κ1) is 12.7. The lowest BCUT2D eigenvalue weighted by atomic mass is 10.2. The Morgan fingerprint density at radius 3 is 2.68 bits per heavy atom. The number of anilines is 1. The van der Waals surface area contributed by atoms with Crippen molar-refractivity contribution in [3.05, 3.63) is 41.6 Å². The summed E-state index contributed by atoms with van der Waals surface area (Å²) in [7, 11) is 0. The molecule has 7 nitrogen and oxygen atoms in total. The summed E-state index contributed by atoms with van der Waals surface area (Å²) >= 11 is 0. The third kappa shape index (κ3) is 3.38. The highest BCUT2D eigenvalue weighted by molar-refractivity contribution is 5.99. The maximum Gasteiger partial charge on any atom is 0.413 e. The Morgan fingerprint density at radius 2 is 2.00 bits per heavy atom. The number of nitrogens with one attached hydrogen (secondary N) is 1. The van der Waals surface area contributed by atoms with E-state index in [1.807, 2.05) is 30.3 Å². The summed E-state index contributed by atoms with van der Waals surface area (Å²) in [4.78, 5) is 22.6. The second-order valence-electron chi connectivity index (χ2n) is 3.70. The summed E-state index contributed by atoms with van der Waals surface area (Å²) in [5, 5.41) is 9.09. The number of hydrogen-bond acceptors (Lipinski definition) is 6. The Balaban J connectivity index is 1.91. The number of amides is 1. The van der Waals surface area contributed by atoms with Crippen LogP contribution in [-0.4, -0.2) is 22.2 Å². The van der Waals surface area contributed by atoms with E-state index in [2.05, 4.69) is 20.3 Å². The first-order valence-corrected chi connectivity index (χ1v) is 5.48.